The van der Waals surface area contributed by atoms with Crippen LogP contribution in [-0.2, 0) is 0 Å². The number of aldehydes is 1. The summed E-state index contributed by atoms with van der Waals surface area (Å²) >= 11 is 6.16. The minimum atomic E-state index is -1.04. The normalized spacial score (nSPS) is 9.69. The van der Waals surface area contributed by atoms with Crippen molar-refractivity contribution in [2.24, 2.45) is 0 Å². The quantitative estimate of drug-likeness (QED) is 0.855. The monoisotopic (exact) mass is 306 g/mol. The number of carbonyl (C=O) groups excluding carboxylic acids is 1. The van der Waals surface area contributed by atoms with Crippen LogP contribution in [0.2, 0.25) is 0 Å². The van der Waals surface area contributed by atoms with Crippen molar-refractivity contribution in [1.82, 2.24) is 0 Å². The van der Waals surface area contributed by atoms with E-state index in [1.807, 2.05) is 0 Å². The first-order valence-corrected chi connectivity index (χ1v) is 4.82. The molecular formula is C8H4Br2O3. The predicted molar refractivity (Wildman–Crippen MR) is 54.2 cm³/mol. The molecule has 1 N–H and O–H groups in total. The van der Waals surface area contributed by atoms with Gasteiger partial charge in [0.2, 0.25) is 0 Å². The summed E-state index contributed by atoms with van der Waals surface area (Å²) in [6.07, 6.45) is 0.653. The third-order valence-electron chi connectivity index (χ3n) is 1.44. The molecule has 0 aromatic heterocycles. The number of halogens is 2. The Balaban J connectivity index is 3.36. The SMILES string of the molecule is O=Cc1cc(Br)c(C(=O)O)cc1Br. The summed E-state index contributed by atoms with van der Waals surface area (Å²) < 4.78 is 0.869. The zero-order valence-corrected chi connectivity index (χ0v) is 9.42. The molecule has 68 valence electrons. The van der Waals surface area contributed by atoms with E-state index in [0.717, 1.165) is 0 Å². The third kappa shape index (κ3) is 2.16. The Labute approximate surface area is 91.0 Å². The van der Waals surface area contributed by atoms with Gasteiger partial charge in [-0.05, 0) is 28.1 Å². The Morgan fingerprint density at radius 3 is 2.38 bits per heavy atom. The van der Waals surface area contributed by atoms with Crippen LogP contribution in [0.25, 0.3) is 0 Å². The Bertz CT molecular complexity index is 374. The molecule has 0 spiro atoms. The lowest BCUT2D eigenvalue weighted by molar-refractivity contribution is 0.0695. The number of carboxylic acids is 1. The molecule has 3 nitrogen and oxygen atoms in total. The highest BCUT2D eigenvalue weighted by Crippen LogP contribution is 2.24. The molecule has 0 atom stereocenters. The number of aromatic carboxylic acids is 1. The van der Waals surface area contributed by atoms with Gasteiger partial charge in [-0.2, -0.15) is 0 Å². The molecule has 0 unspecified atom stereocenters. The first-order valence-electron chi connectivity index (χ1n) is 3.23. The Morgan fingerprint density at radius 1 is 1.31 bits per heavy atom. The fourth-order valence-corrected chi connectivity index (χ4v) is 1.78. The third-order valence-corrected chi connectivity index (χ3v) is 2.79. The lowest BCUT2D eigenvalue weighted by Crippen LogP contribution is -1.99. The van der Waals surface area contributed by atoms with Crippen molar-refractivity contribution in [3.63, 3.8) is 0 Å². The Morgan fingerprint density at radius 2 is 1.92 bits per heavy atom. The molecule has 0 heterocycles. The number of hydrogen-bond acceptors (Lipinski definition) is 2. The first-order chi connectivity index (χ1) is 6.06. The van der Waals surface area contributed by atoms with E-state index in [0.29, 0.717) is 20.8 Å². The summed E-state index contributed by atoms with van der Waals surface area (Å²) in [4.78, 5) is 21.1. The van der Waals surface area contributed by atoms with E-state index < -0.39 is 5.97 Å². The summed E-state index contributed by atoms with van der Waals surface area (Å²) in [7, 11) is 0. The van der Waals surface area contributed by atoms with Crippen molar-refractivity contribution >= 4 is 44.1 Å². The van der Waals surface area contributed by atoms with Crippen LogP contribution in [0.5, 0.6) is 0 Å². The topological polar surface area (TPSA) is 54.4 Å². The van der Waals surface area contributed by atoms with Crippen LogP contribution in [0, 0.1) is 0 Å². The van der Waals surface area contributed by atoms with Gasteiger partial charge in [-0.15, -0.1) is 0 Å². The summed E-state index contributed by atoms with van der Waals surface area (Å²) in [6.45, 7) is 0. The molecule has 0 saturated heterocycles. The van der Waals surface area contributed by atoms with Crippen molar-refractivity contribution in [2.75, 3.05) is 0 Å². The summed E-state index contributed by atoms with van der Waals surface area (Å²) in [5.41, 5.74) is 0.536. The first kappa shape index (κ1) is 10.4. The minimum absolute atomic E-state index is 0.123. The van der Waals surface area contributed by atoms with E-state index >= 15 is 0 Å². The molecule has 0 aliphatic rings. The van der Waals surface area contributed by atoms with Crippen LogP contribution in [0.1, 0.15) is 20.7 Å². The van der Waals surface area contributed by atoms with Crippen LogP contribution < -0.4 is 0 Å². The number of carbonyl (C=O) groups is 2. The van der Waals surface area contributed by atoms with Crippen molar-refractivity contribution in [3.8, 4) is 0 Å². The van der Waals surface area contributed by atoms with Crippen molar-refractivity contribution in [1.29, 1.82) is 0 Å². The molecule has 5 heteroatoms. The lowest BCUT2D eigenvalue weighted by Gasteiger charge is -2.01. The molecule has 0 radical (unpaired) electrons. The van der Waals surface area contributed by atoms with E-state index in [9.17, 15) is 9.59 Å². The maximum Gasteiger partial charge on any atom is 0.336 e. The minimum Gasteiger partial charge on any atom is -0.478 e. The van der Waals surface area contributed by atoms with E-state index in [-0.39, 0.29) is 5.56 Å². The van der Waals surface area contributed by atoms with Crippen LogP contribution in [0.3, 0.4) is 0 Å². The number of carboxylic acid groups (broad SMARTS) is 1. The highest BCUT2D eigenvalue weighted by Gasteiger charge is 2.11. The molecule has 0 aliphatic heterocycles. The molecule has 1 aromatic rings. The van der Waals surface area contributed by atoms with E-state index in [4.69, 9.17) is 5.11 Å². The van der Waals surface area contributed by atoms with Gasteiger partial charge in [0.25, 0.3) is 0 Å². The highest BCUT2D eigenvalue weighted by atomic mass is 79.9. The fraction of sp³-hybridized carbons (Fsp3) is 0. The van der Waals surface area contributed by atoms with Crippen molar-refractivity contribution in [2.45, 2.75) is 0 Å². The summed E-state index contributed by atoms with van der Waals surface area (Å²) in [6, 6.07) is 2.84. The molecule has 0 amide bonds. The predicted octanol–water partition coefficient (Wildman–Crippen LogP) is 2.72. The lowest BCUT2D eigenvalue weighted by atomic mass is 10.1. The molecule has 0 aliphatic carbocycles. The standard InChI is InChI=1S/C8H4Br2O3/c9-6-2-5(8(12)13)7(10)1-4(6)3-11/h1-3H,(H,12,13). The maximum atomic E-state index is 10.6. The van der Waals surface area contributed by atoms with Gasteiger partial charge in [-0.1, -0.05) is 15.9 Å². The second-order valence-corrected chi connectivity index (χ2v) is 3.99. The average Bonchev–Trinajstić information content (AvgIpc) is 2.07. The van der Waals surface area contributed by atoms with E-state index in [1.165, 1.54) is 12.1 Å². The Kier molecular flexibility index (Phi) is 3.22. The van der Waals surface area contributed by atoms with Gasteiger partial charge >= 0.3 is 5.97 Å². The zero-order valence-electron chi connectivity index (χ0n) is 6.25. The highest BCUT2D eigenvalue weighted by molar-refractivity contribution is 9.11. The van der Waals surface area contributed by atoms with E-state index in [2.05, 4.69) is 31.9 Å². The van der Waals surface area contributed by atoms with Crippen LogP contribution >= 0.6 is 31.9 Å². The molecular weight excluding hydrogens is 304 g/mol. The average molecular weight is 308 g/mol. The fourth-order valence-electron chi connectivity index (χ4n) is 0.816. The largest absolute Gasteiger partial charge is 0.478 e. The molecule has 13 heavy (non-hydrogen) atoms. The van der Waals surface area contributed by atoms with Crippen LogP contribution in [0.4, 0.5) is 0 Å². The van der Waals surface area contributed by atoms with Gasteiger partial charge in [0.1, 0.15) is 0 Å². The van der Waals surface area contributed by atoms with Gasteiger partial charge in [-0.3, -0.25) is 4.79 Å². The maximum absolute atomic E-state index is 10.6. The van der Waals surface area contributed by atoms with Gasteiger partial charge in [0, 0.05) is 14.5 Å². The molecule has 0 fully saturated rings. The number of benzene rings is 1. The van der Waals surface area contributed by atoms with Crippen LogP contribution in [0.15, 0.2) is 21.1 Å². The molecule has 1 aromatic carbocycles. The van der Waals surface area contributed by atoms with Gasteiger partial charge in [0.15, 0.2) is 6.29 Å². The van der Waals surface area contributed by atoms with E-state index in [1.54, 1.807) is 0 Å². The Hall–Kier alpha value is -0.680. The molecule has 0 bridgehead atoms. The smallest absolute Gasteiger partial charge is 0.336 e. The number of rotatable bonds is 2. The zero-order chi connectivity index (χ0) is 10.0. The summed E-state index contributed by atoms with van der Waals surface area (Å²) in [5.74, 6) is -1.04. The molecule has 0 saturated carbocycles. The number of hydrogen-bond donors (Lipinski definition) is 1. The van der Waals surface area contributed by atoms with Gasteiger partial charge < -0.3 is 5.11 Å². The summed E-state index contributed by atoms with van der Waals surface area (Å²) in [5, 5.41) is 8.71. The second-order valence-electron chi connectivity index (χ2n) is 2.28. The molecule has 1 rings (SSSR count). The van der Waals surface area contributed by atoms with Crippen LogP contribution in [-0.4, -0.2) is 17.4 Å². The van der Waals surface area contributed by atoms with Gasteiger partial charge in [0.05, 0.1) is 5.56 Å². The van der Waals surface area contributed by atoms with Crippen molar-refractivity contribution in [3.05, 3.63) is 32.2 Å². The van der Waals surface area contributed by atoms with Gasteiger partial charge in [-0.25, -0.2) is 4.79 Å². The van der Waals surface area contributed by atoms with Crippen molar-refractivity contribution < 1.29 is 14.7 Å². The second kappa shape index (κ2) is 4.02.